The van der Waals surface area contributed by atoms with Crippen molar-refractivity contribution in [1.29, 1.82) is 0 Å². The molecule has 0 bridgehead atoms. The van der Waals surface area contributed by atoms with Crippen LogP contribution in [0.3, 0.4) is 0 Å². The molecule has 0 atom stereocenters. The highest BCUT2D eigenvalue weighted by atomic mass is 15.3. The van der Waals surface area contributed by atoms with Gasteiger partial charge in [-0.3, -0.25) is 0 Å². The van der Waals surface area contributed by atoms with E-state index in [0.29, 0.717) is 0 Å². The minimum atomic E-state index is 0.754. The second kappa shape index (κ2) is 4.40. The molecule has 0 spiro atoms. The summed E-state index contributed by atoms with van der Waals surface area (Å²) in [6.45, 7) is 7.63. The number of rotatable bonds is 3. The minimum absolute atomic E-state index is 0.754. The predicted molar refractivity (Wildman–Crippen MR) is 54.9 cm³/mol. The van der Waals surface area contributed by atoms with E-state index in [-0.39, 0.29) is 0 Å². The van der Waals surface area contributed by atoms with E-state index in [1.165, 1.54) is 6.33 Å². The lowest BCUT2D eigenvalue weighted by molar-refractivity contribution is 0.917. The fraction of sp³-hybridized carbons (Fsp3) is 0.200. The Morgan fingerprint density at radius 2 is 2.38 bits per heavy atom. The molecule has 3 heteroatoms. The number of nitrogens with zero attached hydrogens (tertiary/aromatic N) is 3. The summed E-state index contributed by atoms with van der Waals surface area (Å²) in [6, 6.07) is 0. The van der Waals surface area contributed by atoms with Crippen molar-refractivity contribution in [2.24, 2.45) is 0 Å². The molecule has 0 aliphatic carbocycles. The lowest BCUT2D eigenvalue weighted by atomic mass is 10.3. The van der Waals surface area contributed by atoms with Gasteiger partial charge in [0.05, 0.1) is 0 Å². The second-order valence-electron chi connectivity index (χ2n) is 2.64. The summed E-state index contributed by atoms with van der Waals surface area (Å²) in [7, 11) is 0. The van der Waals surface area contributed by atoms with Gasteiger partial charge in [0, 0.05) is 6.20 Å². The van der Waals surface area contributed by atoms with Crippen LogP contribution in [0.4, 0.5) is 0 Å². The Morgan fingerprint density at radius 1 is 1.62 bits per heavy atom. The van der Waals surface area contributed by atoms with Crippen LogP contribution in [0, 0.1) is 0 Å². The molecule has 0 aromatic carbocycles. The molecule has 0 saturated heterocycles. The van der Waals surface area contributed by atoms with Crippen molar-refractivity contribution in [3.05, 3.63) is 36.5 Å². The van der Waals surface area contributed by atoms with Crippen molar-refractivity contribution in [1.82, 2.24) is 14.8 Å². The molecule has 0 aliphatic heterocycles. The van der Waals surface area contributed by atoms with Crippen molar-refractivity contribution < 1.29 is 0 Å². The molecule has 1 heterocycles. The zero-order valence-corrected chi connectivity index (χ0v) is 7.94. The van der Waals surface area contributed by atoms with E-state index in [1.807, 2.05) is 32.2 Å². The largest absolute Gasteiger partial charge is 0.221 e. The summed E-state index contributed by atoms with van der Waals surface area (Å²) in [6.07, 6.45) is 9.08. The highest BCUT2D eigenvalue weighted by Crippen LogP contribution is 2.01. The standard InChI is InChI=1S/C10H13N3/c1-4-6-9(3)7-13-10(5-2)11-8-12-13/h4-8H,2H2,1,3H3/b6-4-,9-7-. The molecule has 13 heavy (non-hydrogen) atoms. The molecule has 1 aromatic heterocycles. The quantitative estimate of drug-likeness (QED) is 0.660. The highest BCUT2D eigenvalue weighted by molar-refractivity contribution is 5.44. The Hall–Kier alpha value is -1.64. The molecule has 0 amide bonds. The van der Waals surface area contributed by atoms with Crippen LogP contribution in [0.25, 0.3) is 12.3 Å². The van der Waals surface area contributed by atoms with E-state index in [0.717, 1.165) is 11.4 Å². The van der Waals surface area contributed by atoms with Crippen molar-refractivity contribution in [3.8, 4) is 0 Å². The van der Waals surface area contributed by atoms with Crippen LogP contribution in [0.15, 0.2) is 30.6 Å². The molecule has 0 unspecified atom stereocenters. The Bertz CT molecular complexity index is 345. The monoisotopic (exact) mass is 175 g/mol. The fourth-order valence-electron chi connectivity index (χ4n) is 1.00. The molecule has 0 fully saturated rings. The van der Waals surface area contributed by atoms with Gasteiger partial charge in [-0.05, 0) is 25.5 Å². The van der Waals surface area contributed by atoms with Crippen molar-refractivity contribution in [3.63, 3.8) is 0 Å². The third kappa shape index (κ3) is 2.40. The van der Waals surface area contributed by atoms with Gasteiger partial charge < -0.3 is 0 Å². The average Bonchev–Trinajstić information content (AvgIpc) is 2.52. The van der Waals surface area contributed by atoms with E-state index in [2.05, 4.69) is 16.7 Å². The topological polar surface area (TPSA) is 30.7 Å². The fourth-order valence-corrected chi connectivity index (χ4v) is 1.00. The Kier molecular flexibility index (Phi) is 3.20. The van der Waals surface area contributed by atoms with Crippen LogP contribution in [0.2, 0.25) is 0 Å². The molecule has 0 radical (unpaired) electrons. The van der Waals surface area contributed by atoms with Crippen molar-refractivity contribution in [2.45, 2.75) is 13.8 Å². The summed E-state index contributed by atoms with van der Waals surface area (Å²) in [4.78, 5) is 4.01. The highest BCUT2D eigenvalue weighted by Gasteiger charge is 1.95. The van der Waals surface area contributed by atoms with Gasteiger partial charge in [0.25, 0.3) is 0 Å². The first-order chi connectivity index (χ1) is 6.27. The summed E-state index contributed by atoms with van der Waals surface area (Å²) >= 11 is 0. The number of hydrogen-bond acceptors (Lipinski definition) is 2. The summed E-state index contributed by atoms with van der Waals surface area (Å²) in [5.41, 5.74) is 1.12. The van der Waals surface area contributed by atoms with Gasteiger partial charge in [-0.15, -0.1) is 0 Å². The van der Waals surface area contributed by atoms with Crippen LogP contribution in [-0.2, 0) is 0 Å². The maximum atomic E-state index is 4.03. The van der Waals surface area contributed by atoms with E-state index >= 15 is 0 Å². The summed E-state index contributed by atoms with van der Waals surface area (Å²) in [5, 5.41) is 4.03. The minimum Gasteiger partial charge on any atom is -0.221 e. The molecule has 0 N–H and O–H groups in total. The summed E-state index contributed by atoms with van der Waals surface area (Å²) in [5.74, 6) is 0.754. The molecule has 68 valence electrons. The predicted octanol–water partition coefficient (Wildman–Crippen LogP) is 2.36. The van der Waals surface area contributed by atoms with Crippen LogP contribution in [0.5, 0.6) is 0 Å². The molecule has 1 aromatic rings. The normalized spacial score (nSPS) is 12.3. The van der Waals surface area contributed by atoms with Crippen LogP contribution < -0.4 is 0 Å². The lowest BCUT2D eigenvalue weighted by Gasteiger charge is -1.95. The van der Waals surface area contributed by atoms with E-state index in [9.17, 15) is 0 Å². The smallest absolute Gasteiger partial charge is 0.154 e. The molecular weight excluding hydrogens is 162 g/mol. The number of allylic oxidation sites excluding steroid dienone is 3. The zero-order chi connectivity index (χ0) is 9.68. The average molecular weight is 175 g/mol. The van der Waals surface area contributed by atoms with Gasteiger partial charge in [-0.1, -0.05) is 18.7 Å². The third-order valence-corrected chi connectivity index (χ3v) is 1.54. The van der Waals surface area contributed by atoms with E-state index in [1.54, 1.807) is 10.8 Å². The SMILES string of the molecule is C=Cc1ncnn1/C=C(C)\C=C/C. The number of aromatic nitrogens is 3. The first-order valence-electron chi connectivity index (χ1n) is 4.11. The third-order valence-electron chi connectivity index (χ3n) is 1.54. The van der Waals surface area contributed by atoms with E-state index in [4.69, 9.17) is 0 Å². The van der Waals surface area contributed by atoms with Gasteiger partial charge in [-0.2, -0.15) is 5.10 Å². The van der Waals surface area contributed by atoms with Gasteiger partial charge in [0.15, 0.2) is 5.82 Å². The summed E-state index contributed by atoms with van der Waals surface area (Å²) < 4.78 is 1.70. The van der Waals surface area contributed by atoms with Crippen molar-refractivity contribution in [2.75, 3.05) is 0 Å². The first kappa shape index (κ1) is 9.45. The van der Waals surface area contributed by atoms with Crippen molar-refractivity contribution >= 4 is 12.3 Å². The van der Waals surface area contributed by atoms with E-state index < -0.39 is 0 Å². The van der Waals surface area contributed by atoms with Gasteiger partial charge >= 0.3 is 0 Å². The zero-order valence-electron chi connectivity index (χ0n) is 7.94. The van der Waals surface area contributed by atoms with Crippen LogP contribution in [-0.4, -0.2) is 14.8 Å². The second-order valence-corrected chi connectivity index (χ2v) is 2.64. The Balaban J connectivity index is 2.95. The Morgan fingerprint density at radius 3 is 3.00 bits per heavy atom. The Labute approximate surface area is 78.1 Å². The van der Waals surface area contributed by atoms with Gasteiger partial charge in [0.2, 0.25) is 0 Å². The van der Waals surface area contributed by atoms with Crippen LogP contribution in [0.1, 0.15) is 19.7 Å². The van der Waals surface area contributed by atoms with Gasteiger partial charge in [0.1, 0.15) is 6.33 Å². The lowest BCUT2D eigenvalue weighted by Crippen LogP contribution is -1.93. The van der Waals surface area contributed by atoms with Gasteiger partial charge in [-0.25, -0.2) is 9.67 Å². The first-order valence-corrected chi connectivity index (χ1v) is 4.11. The van der Waals surface area contributed by atoms with Crippen LogP contribution >= 0.6 is 0 Å². The molecule has 1 rings (SSSR count). The molecule has 0 aliphatic rings. The maximum absolute atomic E-state index is 4.03. The molecule has 3 nitrogen and oxygen atoms in total. The molecule has 0 saturated carbocycles. The molecular formula is C10H13N3. The number of hydrogen-bond donors (Lipinski definition) is 0. The maximum Gasteiger partial charge on any atom is 0.154 e.